The van der Waals surface area contributed by atoms with Crippen LogP contribution in [0.2, 0.25) is 0 Å². The predicted octanol–water partition coefficient (Wildman–Crippen LogP) is 19.8. The molecule has 4 heteroatoms. The Morgan fingerprint density at radius 1 is 0.320 bits per heavy atom. The Hall–Kier alpha value is -7.82. The van der Waals surface area contributed by atoms with Crippen molar-refractivity contribution in [3.8, 4) is 11.4 Å². The van der Waals surface area contributed by atoms with Crippen LogP contribution in [-0.4, -0.2) is 9.13 Å². The van der Waals surface area contributed by atoms with E-state index in [0.29, 0.717) is 0 Å². The fourth-order valence-corrected chi connectivity index (χ4v) is 12.5. The average molecular weight is 977 g/mol. The molecule has 0 unspecified atom stereocenters. The van der Waals surface area contributed by atoms with Crippen LogP contribution in [0.25, 0.3) is 55.0 Å². The largest absolute Gasteiger partial charge is 0.308 e. The van der Waals surface area contributed by atoms with Crippen molar-refractivity contribution in [2.75, 3.05) is 9.80 Å². The molecule has 0 radical (unpaired) electrons. The molecule has 0 spiro atoms. The summed E-state index contributed by atoms with van der Waals surface area (Å²) in [6, 6.07) is 72.4. The van der Waals surface area contributed by atoms with Crippen LogP contribution in [0.1, 0.15) is 128 Å². The molecule has 9 aromatic carbocycles. The molecule has 2 aromatic heterocycles. The highest BCUT2D eigenvalue weighted by Crippen LogP contribution is 2.60. The number of para-hydroxylation sites is 4. The highest BCUT2D eigenvalue weighted by atomic mass is 15.2. The van der Waals surface area contributed by atoms with Gasteiger partial charge in [-0.15, -0.1) is 0 Å². The molecule has 4 nitrogen and oxygen atoms in total. The van der Waals surface area contributed by atoms with Gasteiger partial charge in [0.25, 0.3) is 0 Å². The standard InChI is InChI=1S/C71H68N4/c1-68(2,3)44-27-35-48(36-28-44)72(49-37-29-45(30-38-49)69(4,5)6)60-43-61(73(50-39-31-46(32-40-50)70(7,8)9)51-41-33-47(34-42-51)71(10,11)12)67-63-62(57-24-18-22-55-53-20-14-16-26-59(53)75(67)65(55)57)56-23-17-21-54-52-19-13-15-25-58(52)74(64(54)56)66(60)63/h13-43,62H,1-12H3. The average Bonchev–Trinajstić information content (AvgIpc) is 4.09. The van der Waals surface area contributed by atoms with E-state index >= 15 is 0 Å². The van der Waals surface area contributed by atoms with Crippen LogP contribution in [0, 0.1) is 0 Å². The van der Waals surface area contributed by atoms with Crippen molar-refractivity contribution >= 4 is 77.7 Å². The topological polar surface area (TPSA) is 16.3 Å². The van der Waals surface area contributed by atoms with E-state index in [9.17, 15) is 0 Å². The van der Waals surface area contributed by atoms with Crippen LogP contribution in [0.5, 0.6) is 0 Å². The van der Waals surface area contributed by atoms with Gasteiger partial charge < -0.3 is 18.9 Å². The number of anilines is 6. The lowest BCUT2D eigenvalue weighted by molar-refractivity contribution is 0.590. The molecule has 0 N–H and O–H groups in total. The molecule has 0 saturated heterocycles. The maximum absolute atomic E-state index is 2.64. The summed E-state index contributed by atoms with van der Waals surface area (Å²) in [6.07, 6.45) is 0. The molecule has 0 saturated carbocycles. The number of benzene rings is 9. The highest BCUT2D eigenvalue weighted by Gasteiger charge is 2.43. The Labute approximate surface area is 443 Å². The van der Waals surface area contributed by atoms with Crippen molar-refractivity contribution in [2.24, 2.45) is 0 Å². The van der Waals surface area contributed by atoms with E-state index in [4.69, 9.17) is 0 Å². The number of hydrogen-bond donors (Lipinski definition) is 0. The number of rotatable bonds is 6. The minimum absolute atomic E-state index is 0.0147. The smallest absolute Gasteiger partial charge is 0.0767 e. The number of nitrogens with zero attached hydrogens (tertiary/aromatic N) is 4. The molecule has 11 aromatic rings. The van der Waals surface area contributed by atoms with E-state index < -0.39 is 0 Å². The molecule has 0 aliphatic carbocycles. The fourth-order valence-electron chi connectivity index (χ4n) is 12.5. The lowest BCUT2D eigenvalue weighted by atomic mass is 9.77. The first-order valence-corrected chi connectivity index (χ1v) is 27.1. The molecule has 372 valence electrons. The van der Waals surface area contributed by atoms with Crippen LogP contribution >= 0.6 is 0 Å². The van der Waals surface area contributed by atoms with E-state index in [2.05, 4.69) is 290 Å². The molecule has 0 atom stereocenters. The van der Waals surface area contributed by atoms with Gasteiger partial charge in [0.15, 0.2) is 0 Å². The fraction of sp³-hybridized carbons (Fsp3) is 0.239. The first-order valence-electron chi connectivity index (χ1n) is 27.1. The van der Waals surface area contributed by atoms with Gasteiger partial charge in [-0.3, -0.25) is 0 Å². The predicted molar refractivity (Wildman–Crippen MR) is 320 cm³/mol. The second-order valence-corrected chi connectivity index (χ2v) is 25.5. The minimum Gasteiger partial charge on any atom is -0.308 e. The molecule has 0 fully saturated rings. The molecule has 13 rings (SSSR count). The third kappa shape index (κ3) is 7.23. The van der Waals surface area contributed by atoms with Crippen molar-refractivity contribution in [3.05, 3.63) is 227 Å². The summed E-state index contributed by atoms with van der Waals surface area (Å²) in [4.78, 5) is 5.13. The monoisotopic (exact) mass is 977 g/mol. The summed E-state index contributed by atoms with van der Waals surface area (Å²) >= 11 is 0. The summed E-state index contributed by atoms with van der Waals surface area (Å²) in [5, 5.41) is 5.07. The summed E-state index contributed by atoms with van der Waals surface area (Å²) in [5.41, 5.74) is 23.1. The van der Waals surface area contributed by atoms with Gasteiger partial charge >= 0.3 is 0 Å². The van der Waals surface area contributed by atoms with Crippen molar-refractivity contribution in [2.45, 2.75) is 111 Å². The molecule has 0 amide bonds. The third-order valence-corrected chi connectivity index (χ3v) is 16.5. The normalized spacial score (nSPS) is 13.5. The number of fused-ring (bicyclic) bond motifs is 10. The zero-order valence-corrected chi connectivity index (χ0v) is 45.8. The van der Waals surface area contributed by atoms with Gasteiger partial charge in [-0.25, -0.2) is 0 Å². The van der Waals surface area contributed by atoms with Gasteiger partial charge in [-0.2, -0.15) is 0 Å². The molecule has 0 bridgehead atoms. The Kier molecular flexibility index (Phi) is 10.2. The number of hydrogen-bond acceptors (Lipinski definition) is 2. The number of aromatic nitrogens is 2. The third-order valence-electron chi connectivity index (χ3n) is 16.5. The summed E-state index contributed by atoms with van der Waals surface area (Å²) < 4.78 is 5.29. The summed E-state index contributed by atoms with van der Waals surface area (Å²) in [6.45, 7) is 27.7. The minimum atomic E-state index is -0.0866. The second kappa shape index (κ2) is 16.3. The molecule has 2 aliphatic rings. The Morgan fingerprint density at radius 3 is 0.920 bits per heavy atom. The zero-order valence-electron chi connectivity index (χ0n) is 45.8. The van der Waals surface area contributed by atoms with E-state index in [-0.39, 0.29) is 27.6 Å². The Balaban J connectivity index is 1.25. The summed E-state index contributed by atoms with van der Waals surface area (Å²) in [5.74, 6) is -0.0866. The molecular weight excluding hydrogens is 909 g/mol. The van der Waals surface area contributed by atoms with E-state index in [1.165, 1.54) is 93.9 Å². The Morgan fingerprint density at radius 2 is 0.613 bits per heavy atom. The highest BCUT2D eigenvalue weighted by molar-refractivity contribution is 6.17. The van der Waals surface area contributed by atoms with Crippen molar-refractivity contribution < 1.29 is 0 Å². The molecular formula is C71H68N4. The van der Waals surface area contributed by atoms with Gasteiger partial charge in [-0.1, -0.05) is 204 Å². The van der Waals surface area contributed by atoms with Crippen molar-refractivity contribution in [3.63, 3.8) is 0 Å². The lowest BCUT2D eigenvalue weighted by Crippen LogP contribution is -2.27. The van der Waals surface area contributed by atoms with Crippen LogP contribution in [0.3, 0.4) is 0 Å². The van der Waals surface area contributed by atoms with Gasteiger partial charge in [-0.05, 0) is 122 Å². The van der Waals surface area contributed by atoms with E-state index in [1.54, 1.807) is 0 Å². The van der Waals surface area contributed by atoms with Crippen molar-refractivity contribution in [1.82, 2.24) is 9.13 Å². The van der Waals surface area contributed by atoms with Gasteiger partial charge in [0.2, 0.25) is 0 Å². The van der Waals surface area contributed by atoms with Crippen molar-refractivity contribution in [1.29, 1.82) is 0 Å². The summed E-state index contributed by atoms with van der Waals surface area (Å²) in [7, 11) is 0. The van der Waals surface area contributed by atoms with E-state index in [0.717, 1.165) is 34.1 Å². The van der Waals surface area contributed by atoms with Gasteiger partial charge in [0.05, 0.1) is 44.8 Å². The van der Waals surface area contributed by atoms with Crippen LogP contribution in [-0.2, 0) is 21.7 Å². The zero-order chi connectivity index (χ0) is 52.1. The molecule has 2 aliphatic heterocycles. The van der Waals surface area contributed by atoms with Crippen LogP contribution < -0.4 is 9.80 Å². The maximum Gasteiger partial charge on any atom is 0.0767 e. The first kappa shape index (κ1) is 46.9. The van der Waals surface area contributed by atoms with Gasteiger partial charge in [0, 0.05) is 55.8 Å². The Bertz CT molecular complexity index is 3680. The SMILES string of the molecule is CC(C)(C)c1ccc(N(c2ccc(C(C)(C)C)cc2)c2cc(N(c3ccc(C(C)(C)C)cc3)c3ccc(C(C)(C)C)cc3)c3c4c2-n2c5ccccc5c5cccc(c52)C4c2cccc4c5ccccc5n-3c24)cc1. The quantitative estimate of drug-likeness (QED) is 0.165. The first-order chi connectivity index (χ1) is 35.8. The molecule has 75 heavy (non-hydrogen) atoms. The van der Waals surface area contributed by atoms with Crippen LogP contribution in [0.15, 0.2) is 188 Å². The lowest BCUT2D eigenvalue weighted by Gasteiger charge is -2.41. The molecule has 4 heterocycles. The maximum atomic E-state index is 2.64. The van der Waals surface area contributed by atoms with E-state index in [1.807, 2.05) is 0 Å². The second-order valence-electron chi connectivity index (χ2n) is 25.5. The van der Waals surface area contributed by atoms with Crippen LogP contribution in [0.4, 0.5) is 34.1 Å². The van der Waals surface area contributed by atoms with Gasteiger partial charge in [0.1, 0.15) is 0 Å².